The first-order chi connectivity index (χ1) is 8.43. The van der Waals surface area contributed by atoms with Gasteiger partial charge in [0.2, 0.25) is 0 Å². The average Bonchev–Trinajstić information content (AvgIpc) is 2.30. The molecule has 0 saturated carbocycles. The summed E-state index contributed by atoms with van der Waals surface area (Å²) in [6.07, 6.45) is -0.156. The summed E-state index contributed by atoms with van der Waals surface area (Å²) >= 11 is 0. The molecule has 1 aromatic carbocycles. The second kappa shape index (κ2) is 6.09. The summed E-state index contributed by atoms with van der Waals surface area (Å²) < 4.78 is 23.3. The highest BCUT2D eigenvalue weighted by atomic mass is 19.1. The fourth-order valence-corrected chi connectivity index (χ4v) is 1.31. The van der Waals surface area contributed by atoms with Crippen LogP contribution in [0.3, 0.4) is 0 Å². The van der Waals surface area contributed by atoms with E-state index < -0.39 is 11.8 Å². The highest BCUT2D eigenvalue weighted by Crippen LogP contribution is 2.28. The van der Waals surface area contributed by atoms with E-state index in [2.05, 4.69) is 10.1 Å². The van der Waals surface area contributed by atoms with Gasteiger partial charge in [0.1, 0.15) is 6.54 Å². The van der Waals surface area contributed by atoms with Crippen molar-refractivity contribution in [3.05, 3.63) is 17.9 Å². The molecule has 0 unspecified atom stereocenters. The van der Waals surface area contributed by atoms with Gasteiger partial charge < -0.3 is 20.5 Å². The van der Waals surface area contributed by atoms with Crippen LogP contribution in [0.25, 0.3) is 0 Å². The molecule has 0 atom stereocenters. The monoisotopic (exact) mass is 256 g/mol. The number of nitrogen functional groups attached to an aromatic ring is 1. The molecule has 1 aromatic rings. The molecule has 0 radical (unpaired) electrons. The van der Waals surface area contributed by atoms with E-state index in [1.807, 2.05) is 0 Å². The fraction of sp³-hybridized carbons (Fsp3) is 0.417. The summed E-state index contributed by atoms with van der Waals surface area (Å²) in [6.45, 7) is 3.53. The summed E-state index contributed by atoms with van der Waals surface area (Å²) in [7, 11) is 1.28. The van der Waals surface area contributed by atoms with E-state index in [1.54, 1.807) is 13.8 Å². The van der Waals surface area contributed by atoms with Gasteiger partial charge in [0, 0.05) is 12.1 Å². The molecule has 18 heavy (non-hydrogen) atoms. The molecule has 100 valence electrons. The minimum atomic E-state index is -0.537. The Morgan fingerprint density at radius 2 is 2.17 bits per heavy atom. The zero-order valence-corrected chi connectivity index (χ0v) is 10.6. The van der Waals surface area contributed by atoms with E-state index >= 15 is 0 Å². The minimum absolute atomic E-state index is 0.0482. The van der Waals surface area contributed by atoms with Gasteiger partial charge in [-0.05, 0) is 13.8 Å². The highest BCUT2D eigenvalue weighted by Gasteiger charge is 2.11. The molecule has 0 aliphatic rings. The van der Waals surface area contributed by atoms with Gasteiger partial charge in [-0.25, -0.2) is 4.39 Å². The maximum absolute atomic E-state index is 13.5. The average molecular weight is 256 g/mol. The molecule has 0 aliphatic carbocycles. The number of benzene rings is 1. The van der Waals surface area contributed by atoms with Crippen LogP contribution in [0.1, 0.15) is 13.8 Å². The Labute approximate surface area is 105 Å². The van der Waals surface area contributed by atoms with Crippen LogP contribution < -0.4 is 15.8 Å². The number of nitrogens with one attached hydrogen (secondary N) is 1. The smallest absolute Gasteiger partial charge is 0.325 e. The molecule has 3 N–H and O–H groups in total. The number of hydrogen-bond donors (Lipinski definition) is 2. The standard InChI is InChI=1S/C12H17FN2O3/c1-7(2)18-11-5-10(9(14)4-8(11)13)15-6-12(16)17-3/h4-5,7,15H,6,14H2,1-3H3. The van der Waals surface area contributed by atoms with Crippen LogP contribution in [-0.4, -0.2) is 25.7 Å². The first kappa shape index (κ1) is 14.1. The topological polar surface area (TPSA) is 73.6 Å². The number of halogens is 1. The molecule has 0 heterocycles. The van der Waals surface area contributed by atoms with Gasteiger partial charge in [0.15, 0.2) is 11.6 Å². The van der Waals surface area contributed by atoms with Crippen molar-refractivity contribution in [3.63, 3.8) is 0 Å². The number of methoxy groups -OCH3 is 1. The molecule has 0 amide bonds. The normalized spacial score (nSPS) is 10.3. The number of esters is 1. The summed E-state index contributed by atoms with van der Waals surface area (Å²) in [5, 5.41) is 2.76. The van der Waals surface area contributed by atoms with Gasteiger partial charge in [0.05, 0.1) is 24.6 Å². The Hall–Kier alpha value is -1.98. The maximum atomic E-state index is 13.5. The van der Waals surface area contributed by atoms with Gasteiger partial charge in [-0.3, -0.25) is 4.79 Å². The Kier molecular flexibility index (Phi) is 4.76. The number of hydrogen-bond acceptors (Lipinski definition) is 5. The lowest BCUT2D eigenvalue weighted by atomic mass is 10.2. The Morgan fingerprint density at radius 1 is 1.50 bits per heavy atom. The Bertz CT molecular complexity index is 436. The van der Waals surface area contributed by atoms with Crippen molar-refractivity contribution in [1.29, 1.82) is 0 Å². The van der Waals surface area contributed by atoms with Gasteiger partial charge in [0.25, 0.3) is 0 Å². The van der Waals surface area contributed by atoms with Gasteiger partial charge >= 0.3 is 5.97 Å². The molecule has 5 nitrogen and oxygen atoms in total. The first-order valence-corrected chi connectivity index (χ1v) is 5.50. The maximum Gasteiger partial charge on any atom is 0.325 e. The Balaban J connectivity index is 2.87. The number of rotatable bonds is 5. The quantitative estimate of drug-likeness (QED) is 0.620. The van der Waals surface area contributed by atoms with E-state index in [0.29, 0.717) is 5.69 Å². The van der Waals surface area contributed by atoms with E-state index in [9.17, 15) is 9.18 Å². The summed E-state index contributed by atoms with van der Waals surface area (Å²) in [5.41, 5.74) is 6.27. The SMILES string of the molecule is COC(=O)CNc1cc(OC(C)C)c(F)cc1N. The van der Waals surface area contributed by atoms with Crippen LogP contribution in [0.15, 0.2) is 12.1 Å². The van der Waals surface area contributed by atoms with E-state index in [4.69, 9.17) is 10.5 Å². The van der Waals surface area contributed by atoms with Crippen molar-refractivity contribution >= 4 is 17.3 Å². The van der Waals surface area contributed by atoms with Crippen LogP contribution in [0.5, 0.6) is 5.75 Å². The molecule has 0 spiro atoms. The fourth-order valence-electron chi connectivity index (χ4n) is 1.31. The lowest BCUT2D eigenvalue weighted by molar-refractivity contribution is -0.138. The second-order valence-corrected chi connectivity index (χ2v) is 3.97. The molecule has 0 aromatic heterocycles. The third kappa shape index (κ3) is 3.80. The van der Waals surface area contributed by atoms with Crippen molar-refractivity contribution < 1.29 is 18.7 Å². The summed E-state index contributed by atoms with van der Waals surface area (Å²) in [6, 6.07) is 2.57. The van der Waals surface area contributed by atoms with Gasteiger partial charge in [-0.2, -0.15) is 0 Å². The number of carbonyl (C=O) groups excluding carboxylic acids is 1. The van der Waals surface area contributed by atoms with Crippen LogP contribution >= 0.6 is 0 Å². The zero-order chi connectivity index (χ0) is 13.7. The van der Waals surface area contributed by atoms with Crippen molar-refractivity contribution in [3.8, 4) is 5.75 Å². The lowest BCUT2D eigenvalue weighted by Gasteiger charge is -2.14. The van der Waals surface area contributed by atoms with Crippen LogP contribution in [0.2, 0.25) is 0 Å². The van der Waals surface area contributed by atoms with Crippen LogP contribution in [0.4, 0.5) is 15.8 Å². The van der Waals surface area contributed by atoms with E-state index in [-0.39, 0.29) is 24.1 Å². The molecular formula is C12H17FN2O3. The number of nitrogens with two attached hydrogens (primary N) is 1. The van der Waals surface area contributed by atoms with Crippen molar-refractivity contribution in [2.75, 3.05) is 24.7 Å². The third-order valence-electron chi connectivity index (χ3n) is 2.12. The molecular weight excluding hydrogens is 239 g/mol. The van der Waals surface area contributed by atoms with E-state index in [0.717, 1.165) is 6.07 Å². The summed E-state index contributed by atoms with van der Waals surface area (Å²) in [5.74, 6) is -0.888. The predicted octanol–water partition coefficient (Wildman–Crippen LogP) is 1.78. The Morgan fingerprint density at radius 3 is 2.72 bits per heavy atom. The zero-order valence-electron chi connectivity index (χ0n) is 10.6. The van der Waals surface area contributed by atoms with Crippen LogP contribution in [0, 0.1) is 5.82 Å². The van der Waals surface area contributed by atoms with Gasteiger partial charge in [-0.1, -0.05) is 0 Å². The van der Waals surface area contributed by atoms with Crippen molar-refractivity contribution in [2.24, 2.45) is 0 Å². The molecule has 0 bridgehead atoms. The summed E-state index contributed by atoms with van der Waals surface area (Å²) in [4.78, 5) is 11.0. The largest absolute Gasteiger partial charge is 0.488 e. The number of anilines is 2. The van der Waals surface area contributed by atoms with Crippen LogP contribution in [-0.2, 0) is 9.53 Å². The first-order valence-electron chi connectivity index (χ1n) is 5.50. The molecule has 1 rings (SSSR count). The highest BCUT2D eigenvalue weighted by molar-refractivity contribution is 5.78. The molecule has 0 saturated heterocycles. The number of carbonyl (C=O) groups is 1. The second-order valence-electron chi connectivity index (χ2n) is 3.97. The minimum Gasteiger partial charge on any atom is -0.488 e. The van der Waals surface area contributed by atoms with Gasteiger partial charge in [-0.15, -0.1) is 0 Å². The lowest BCUT2D eigenvalue weighted by Crippen LogP contribution is -2.16. The van der Waals surface area contributed by atoms with E-state index in [1.165, 1.54) is 13.2 Å². The third-order valence-corrected chi connectivity index (χ3v) is 2.12. The van der Waals surface area contributed by atoms with Crippen molar-refractivity contribution in [1.82, 2.24) is 0 Å². The molecule has 0 fully saturated rings. The predicted molar refractivity (Wildman–Crippen MR) is 67.1 cm³/mol. The van der Waals surface area contributed by atoms with Crippen molar-refractivity contribution in [2.45, 2.75) is 20.0 Å². The molecule has 6 heteroatoms. The number of ether oxygens (including phenoxy) is 2. The molecule has 0 aliphatic heterocycles.